The average molecular weight is 802 g/mol. The lowest BCUT2D eigenvalue weighted by molar-refractivity contribution is 1.17. The molecule has 294 valence electrons. The van der Waals surface area contributed by atoms with Crippen molar-refractivity contribution >= 4 is 43.5 Å². The summed E-state index contributed by atoms with van der Waals surface area (Å²) in [5, 5.41) is 5.90. The van der Waals surface area contributed by atoms with Crippen LogP contribution in [-0.2, 0) is 0 Å². The third kappa shape index (κ3) is 6.46. The first-order chi connectivity index (χ1) is 31.2. The predicted octanol–water partition coefficient (Wildman–Crippen LogP) is 15.9. The van der Waals surface area contributed by atoms with Gasteiger partial charge in [0.25, 0.3) is 0 Å². The first-order valence-corrected chi connectivity index (χ1v) is 21.5. The third-order valence-corrected chi connectivity index (χ3v) is 12.4. The number of nitrogens with zero attached hydrogens (tertiary/aromatic N) is 3. The number of para-hydroxylation sites is 1. The number of benzene rings is 10. The van der Waals surface area contributed by atoms with Gasteiger partial charge in [0.05, 0.1) is 22.2 Å². The van der Waals surface area contributed by atoms with Gasteiger partial charge in [-0.05, 0) is 92.2 Å². The molecule has 0 spiro atoms. The van der Waals surface area contributed by atoms with Gasteiger partial charge in [-0.15, -0.1) is 0 Å². The van der Waals surface area contributed by atoms with Gasteiger partial charge in [-0.1, -0.05) is 194 Å². The fraction of sp³-hybridized carbons (Fsp3) is 0. The molecule has 2 aromatic heterocycles. The van der Waals surface area contributed by atoms with Crippen molar-refractivity contribution in [2.75, 3.05) is 0 Å². The van der Waals surface area contributed by atoms with Gasteiger partial charge < -0.3 is 4.57 Å². The van der Waals surface area contributed by atoms with Crippen molar-refractivity contribution in [1.29, 1.82) is 0 Å². The summed E-state index contributed by atoms with van der Waals surface area (Å²) < 4.78 is 2.44. The fourth-order valence-electron chi connectivity index (χ4n) is 9.36. The maximum atomic E-state index is 5.38. The molecule has 0 N–H and O–H groups in total. The second kappa shape index (κ2) is 15.3. The summed E-state index contributed by atoms with van der Waals surface area (Å²) in [5.74, 6) is 0.686. The van der Waals surface area contributed by atoms with Crippen molar-refractivity contribution in [1.82, 2.24) is 14.5 Å². The Kier molecular flexibility index (Phi) is 8.83. The fourth-order valence-corrected chi connectivity index (χ4v) is 9.36. The van der Waals surface area contributed by atoms with Gasteiger partial charge >= 0.3 is 0 Å². The van der Waals surface area contributed by atoms with Gasteiger partial charge in [0.2, 0.25) is 0 Å². The van der Waals surface area contributed by atoms with Crippen LogP contribution < -0.4 is 0 Å². The second-order valence-electron chi connectivity index (χ2n) is 16.2. The van der Waals surface area contributed by atoms with Crippen molar-refractivity contribution in [3.8, 4) is 72.8 Å². The van der Waals surface area contributed by atoms with Crippen LogP contribution in [0.25, 0.3) is 116 Å². The molecule has 0 radical (unpaired) electrons. The Labute approximate surface area is 365 Å². The number of rotatable bonds is 7. The van der Waals surface area contributed by atoms with Gasteiger partial charge in [-0.25, -0.2) is 9.97 Å². The third-order valence-electron chi connectivity index (χ3n) is 12.4. The zero-order valence-corrected chi connectivity index (χ0v) is 34.4. The van der Waals surface area contributed by atoms with Crippen LogP contribution in [0.1, 0.15) is 0 Å². The van der Waals surface area contributed by atoms with E-state index in [0.717, 1.165) is 50.0 Å². The van der Waals surface area contributed by atoms with Crippen LogP contribution in [0.4, 0.5) is 0 Å². The van der Waals surface area contributed by atoms with E-state index in [0.29, 0.717) is 5.82 Å². The molecule has 3 nitrogen and oxygen atoms in total. The maximum Gasteiger partial charge on any atom is 0.160 e. The van der Waals surface area contributed by atoms with Crippen molar-refractivity contribution < 1.29 is 0 Å². The molecule has 0 aliphatic rings. The van der Waals surface area contributed by atoms with E-state index in [2.05, 4.69) is 241 Å². The van der Waals surface area contributed by atoms with Crippen LogP contribution in [0.5, 0.6) is 0 Å². The molecular weight excluding hydrogens is 763 g/mol. The Morgan fingerprint density at radius 2 is 0.873 bits per heavy atom. The predicted molar refractivity (Wildman–Crippen MR) is 264 cm³/mol. The normalized spacial score (nSPS) is 11.5. The minimum Gasteiger partial charge on any atom is -0.309 e. The van der Waals surface area contributed by atoms with Gasteiger partial charge in [0, 0.05) is 38.5 Å². The number of hydrogen-bond donors (Lipinski definition) is 0. The molecule has 0 unspecified atom stereocenters. The largest absolute Gasteiger partial charge is 0.309 e. The Morgan fingerprint density at radius 3 is 1.65 bits per heavy atom. The van der Waals surface area contributed by atoms with Crippen molar-refractivity contribution in [3.63, 3.8) is 0 Å². The van der Waals surface area contributed by atoms with E-state index in [-0.39, 0.29) is 0 Å². The molecule has 0 amide bonds. The average Bonchev–Trinajstić information content (AvgIpc) is 3.70. The minimum absolute atomic E-state index is 0.686. The first kappa shape index (κ1) is 36.5. The summed E-state index contributed by atoms with van der Waals surface area (Å²) in [6, 6.07) is 84.8. The molecule has 0 bridgehead atoms. The van der Waals surface area contributed by atoms with Crippen LogP contribution in [0.15, 0.2) is 237 Å². The highest BCUT2D eigenvalue weighted by Crippen LogP contribution is 2.43. The molecule has 0 atom stereocenters. The van der Waals surface area contributed by atoms with Crippen LogP contribution >= 0.6 is 0 Å². The summed E-state index contributed by atoms with van der Waals surface area (Å²) in [6.07, 6.45) is 0. The van der Waals surface area contributed by atoms with E-state index < -0.39 is 0 Å². The summed E-state index contributed by atoms with van der Waals surface area (Å²) in [7, 11) is 0. The van der Waals surface area contributed by atoms with Gasteiger partial charge in [-0.2, -0.15) is 0 Å². The SMILES string of the molecule is c1ccc(-c2ccc3c(c2)c2cc(-c4ccccc4)cc(-c4ccccc4)c2n3-c2cccc(-c3nc(-c4ccc(-c5cccc6ccccc56)cc4)c4ccccc4n3)c2)cc1. The summed E-state index contributed by atoms with van der Waals surface area (Å²) in [5.41, 5.74) is 16.6. The standard InChI is InChI=1S/C60H39N3/c1-4-16-40(17-5-1)46-34-35-57-54(37-46)55-39-48(41-18-6-2-7-19-41)38-53(43-20-8-3-9-21-43)59(55)63(57)49-25-14-24-47(36-49)60-61-56-29-13-12-27-52(56)58(62-60)45-32-30-44(31-33-45)51-28-15-23-42-22-10-11-26-50(42)51/h1-39H. The van der Waals surface area contributed by atoms with Crippen molar-refractivity contribution in [2.45, 2.75) is 0 Å². The molecule has 0 saturated carbocycles. The number of fused-ring (bicyclic) bond motifs is 5. The molecule has 0 aliphatic carbocycles. The van der Waals surface area contributed by atoms with E-state index in [4.69, 9.17) is 9.97 Å². The minimum atomic E-state index is 0.686. The smallest absolute Gasteiger partial charge is 0.160 e. The van der Waals surface area contributed by atoms with E-state index in [1.807, 2.05) is 0 Å². The van der Waals surface area contributed by atoms with Crippen LogP contribution in [0.2, 0.25) is 0 Å². The van der Waals surface area contributed by atoms with E-state index in [1.165, 1.54) is 60.5 Å². The molecular formula is C60H39N3. The molecule has 3 heteroatoms. The summed E-state index contributed by atoms with van der Waals surface area (Å²) >= 11 is 0. The van der Waals surface area contributed by atoms with Gasteiger partial charge in [-0.3, -0.25) is 0 Å². The van der Waals surface area contributed by atoms with Crippen LogP contribution in [0, 0.1) is 0 Å². The second-order valence-corrected chi connectivity index (χ2v) is 16.2. The van der Waals surface area contributed by atoms with E-state index >= 15 is 0 Å². The number of aromatic nitrogens is 3. The first-order valence-electron chi connectivity index (χ1n) is 21.5. The summed E-state index contributed by atoms with van der Waals surface area (Å²) in [6.45, 7) is 0. The van der Waals surface area contributed by atoms with Gasteiger partial charge in [0.1, 0.15) is 0 Å². The Morgan fingerprint density at radius 1 is 0.302 bits per heavy atom. The van der Waals surface area contributed by atoms with E-state index in [9.17, 15) is 0 Å². The quantitative estimate of drug-likeness (QED) is 0.161. The number of hydrogen-bond acceptors (Lipinski definition) is 2. The maximum absolute atomic E-state index is 5.38. The monoisotopic (exact) mass is 801 g/mol. The Balaban J connectivity index is 1.05. The Hall–Kier alpha value is -8.40. The molecule has 0 aliphatic heterocycles. The van der Waals surface area contributed by atoms with Crippen LogP contribution in [0.3, 0.4) is 0 Å². The zero-order chi connectivity index (χ0) is 41.7. The molecule has 2 heterocycles. The summed E-state index contributed by atoms with van der Waals surface area (Å²) in [4.78, 5) is 10.6. The molecule has 63 heavy (non-hydrogen) atoms. The van der Waals surface area contributed by atoms with Crippen molar-refractivity contribution in [2.24, 2.45) is 0 Å². The lowest BCUT2D eigenvalue weighted by atomic mass is 9.95. The zero-order valence-electron chi connectivity index (χ0n) is 34.4. The molecule has 0 saturated heterocycles. The lowest BCUT2D eigenvalue weighted by Gasteiger charge is -2.15. The Bertz CT molecular complexity index is 3640. The topological polar surface area (TPSA) is 30.7 Å². The van der Waals surface area contributed by atoms with Crippen LogP contribution in [-0.4, -0.2) is 14.5 Å². The lowest BCUT2D eigenvalue weighted by Crippen LogP contribution is -1.99. The van der Waals surface area contributed by atoms with Crippen molar-refractivity contribution in [3.05, 3.63) is 237 Å². The molecule has 0 fully saturated rings. The molecule has 12 aromatic rings. The highest BCUT2D eigenvalue weighted by molar-refractivity contribution is 6.16. The molecule has 10 aromatic carbocycles. The molecule has 12 rings (SSSR count). The van der Waals surface area contributed by atoms with E-state index in [1.54, 1.807) is 0 Å². The highest BCUT2D eigenvalue weighted by Gasteiger charge is 2.21. The van der Waals surface area contributed by atoms with Gasteiger partial charge in [0.15, 0.2) is 5.82 Å². The highest BCUT2D eigenvalue weighted by atomic mass is 15.0.